The molecule has 1 atom stereocenters. The van der Waals surface area contributed by atoms with Crippen LogP contribution in [0.5, 0.6) is 0 Å². The number of likely N-dealkylation sites (tertiary alicyclic amines) is 1. The van der Waals surface area contributed by atoms with Gasteiger partial charge in [0, 0.05) is 58.2 Å². The van der Waals surface area contributed by atoms with Crippen molar-refractivity contribution >= 4 is 17.4 Å². The highest BCUT2D eigenvalue weighted by Gasteiger charge is 2.28. The average molecular weight is 346 g/mol. The zero-order valence-corrected chi connectivity index (χ0v) is 15.6. The van der Waals surface area contributed by atoms with Crippen LogP contribution in [0.15, 0.2) is 18.2 Å². The Morgan fingerprint density at radius 3 is 2.76 bits per heavy atom. The summed E-state index contributed by atoms with van der Waals surface area (Å²) in [6, 6.07) is 6.05. The number of urea groups is 1. The molecule has 1 aromatic rings. The summed E-state index contributed by atoms with van der Waals surface area (Å²) in [5, 5.41) is 3.10. The first-order valence-electron chi connectivity index (χ1n) is 9.17. The van der Waals surface area contributed by atoms with Crippen molar-refractivity contribution in [1.29, 1.82) is 0 Å². The summed E-state index contributed by atoms with van der Waals surface area (Å²) in [6.07, 6.45) is 1.08. The van der Waals surface area contributed by atoms with E-state index < -0.39 is 0 Å². The number of ether oxygens (including phenoxy) is 1. The second-order valence-corrected chi connectivity index (χ2v) is 7.29. The van der Waals surface area contributed by atoms with Crippen molar-refractivity contribution in [3.8, 4) is 0 Å². The van der Waals surface area contributed by atoms with Gasteiger partial charge in [0.25, 0.3) is 0 Å². The lowest BCUT2D eigenvalue weighted by Crippen LogP contribution is -2.40. The van der Waals surface area contributed by atoms with Gasteiger partial charge in [0.15, 0.2) is 0 Å². The van der Waals surface area contributed by atoms with Crippen molar-refractivity contribution in [1.82, 2.24) is 9.80 Å². The minimum Gasteiger partial charge on any atom is -0.379 e. The molecule has 1 aromatic carbocycles. The second kappa shape index (κ2) is 8.06. The Labute approximate surface area is 150 Å². The van der Waals surface area contributed by atoms with E-state index in [0.29, 0.717) is 5.92 Å². The summed E-state index contributed by atoms with van der Waals surface area (Å²) in [7, 11) is 4.04. The third-order valence-corrected chi connectivity index (χ3v) is 5.22. The van der Waals surface area contributed by atoms with E-state index in [1.165, 1.54) is 0 Å². The van der Waals surface area contributed by atoms with E-state index in [-0.39, 0.29) is 6.03 Å². The molecule has 0 saturated carbocycles. The fourth-order valence-corrected chi connectivity index (χ4v) is 3.75. The Balaban J connectivity index is 1.55. The lowest BCUT2D eigenvalue weighted by atomic mass is 10.1. The molecule has 2 fully saturated rings. The van der Waals surface area contributed by atoms with Crippen molar-refractivity contribution in [2.75, 3.05) is 70.2 Å². The van der Waals surface area contributed by atoms with Gasteiger partial charge in [-0.2, -0.15) is 0 Å². The number of morpholine rings is 1. The van der Waals surface area contributed by atoms with Gasteiger partial charge in [-0.25, -0.2) is 4.79 Å². The highest BCUT2D eigenvalue weighted by atomic mass is 16.5. The quantitative estimate of drug-likeness (QED) is 0.908. The van der Waals surface area contributed by atoms with Gasteiger partial charge in [0.05, 0.1) is 13.2 Å². The molecule has 25 heavy (non-hydrogen) atoms. The number of carbonyl (C=O) groups excluding carboxylic acids is 1. The molecule has 138 valence electrons. The Morgan fingerprint density at radius 1 is 1.28 bits per heavy atom. The van der Waals surface area contributed by atoms with Gasteiger partial charge in [0.2, 0.25) is 0 Å². The predicted molar refractivity (Wildman–Crippen MR) is 101 cm³/mol. The highest BCUT2D eigenvalue weighted by molar-refractivity contribution is 5.91. The molecule has 0 aliphatic carbocycles. The molecule has 2 heterocycles. The van der Waals surface area contributed by atoms with Crippen LogP contribution in [0.1, 0.15) is 12.0 Å². The van der Waals surface area contributed by atoms with Crippen molar-refractivity contribution in [2.45, 2.75) is 13.3 Å². The summed E-state index contributed by atoms with van der Waals surface area (Å²) < 4.78 is 5.41. The van der Waals surface area contributed by atoms with Crippen LogP contribution in [-0.4, -0.2) is 75.9 Å². The Bertz CT molecular complexity index is 599. The van der Waals surface area contributed by atoms with Crippen LogP contribution in [0.2, 0.25) is 0 Å². The van der Waals surface area contributed by atoms with E-state index in [9.17, 15) is 4.79 Å². The molecule has 2 saturated heterocycles. The first-order chi connectivity index (χ1) is 12.0. The first kappa shape index (κ1) is 18.0. The van der Waals surface area contributed by atoms with E-state index in [1.54, 1.807) is 0 Å². The normalized spacial score (nSPS) is 21.4. The molecule has 2 amide bonds. The maximum Gasteiger partial charge on any atom is 0.321 e. The van der Waals surface area contributed by atoms with Gasteiger partial charge in [-0.15, -0.1) is 0 Å². The molecule has 0 radical (unpaired) electrons. The van der Waals surface area contributed by atoms with Crippen LogP contribution < -0.4 is 10.2 Å². The van der Waals surface area contributed by atoms with Gasteiger partial charge in [-0.05, 0) is 37.0 Å². The summed E-state index contributed by atoms with van der Waals surface area (Å²) >= 11 is 0. The summed E-state index contributed by atoms with van der Waals surface area (Å²) in [6.45, 7) is 8.50. The summed E-state index contributed by atoms with van der Waals surface area (Å²) in [5.41, 5.74) is 3.13. The van der Waals surface area contributed by atoms with Gasteiger partial charge in [-0.1, -0.05) is 6.07 Å². The molecule has 6 nitrogen and oxygen atoms in total. The molecular weight excluding hydrogens is 316 g/mol. The van der Waals surface area contributed by atoms with Crippen molar-refractivity contribution in [3.63, 3.8) is 0 Å². The SMILES string of the molecule is Cc1c(NC(=O)N2CCC(CN3CCOCC3)C2)cccc1N(C)C. The number of hydrogen-bond donors (Lipinski definition) is 1. The number of nitrogens with one attached hydrogen (secondary N) is 1. The maximum atomic E-state index is 12.7. The largest absolute Gasteiger partial charge is 0.379 e. The third kappa shape index (κ3) is 4.44. The van der Waals surface area contributed by atoms with Gasteiger partial charge in [0.1, 0.15) is 0 Å². The predicted octanol–water partition coefficient (Wildman–Crippen LogP) is 2.25. The zero-order valence-electron chi connectivity index (χ0n) is 15.6. The summed E-state index contributed by atoms with van der Waals surface area (Å²) in [4.78, 5) is 19.1. The molecule has 1 unspecified atom stereocenters. The minimum absolute atomic E-state index is 0.0171. The van der Waals surface area contributed by atoms with Crippen LogP contribution in [-0.2, 0) is 4.74 Å². The number of rotatable bonds is 4. The molecule has 3 rings (SSSR count). The molecule has 2 aliphatic rings. The van der Waals surface area contributed by atoms with Crippen LogP contribution in [0.25, 0.3) is 0 Å². The van der Waals surface area contributed by atoms with E-state index in [1.807, 2.05) is 31.1 Å². The highest BCUT2D eigenvalue weighted by Crippen LogP contribution is 2.26. The molecule has 0 spiro atoms. The lowest BCUT2D eigenvalue weighted by Gasteiger charge is -2.29. The van der Waals surface area contributed by atoms with Crippen molar-refractivity contribution < 1.29 is 9.53 Å². The number of hydrogen-bond acceptors (Lipinski definition) is 4. The standard InChI is InChI=1S/C19H30N4O2/c1-15-17(5-4-6-18(15)21(2)3)20-19(24)23-8-7-16(14-23)13-22-9-11-25-12-10-22/h4-6,16H,7-14H2,1-3H3,(H,20,24). The monoisotopic (exact) mass is 346 g/mol. The smallest absolute Gasteiger partial charge is 0.321 e. The number of amides is 2. The van der Waals surface area contributed by atoms with E-state index >= 15 is 0 Å². The molecular formula is C19H30N4O2. The second-order valence-electron chi connectivity index (χ2n) is 7.29. The van der Waals surface area contributed by atoms with Crippen LogP contribution in [0, 0.1) is 12.8 Å². The van der Waals surface area contributed by atoms with E-state index in [2.05, 4.69) is 28.1 Å². The third-order valence-electron chi connectivity index (χ3n) is 5.22. The van der Waals surface area contributed by atoms with E-state index in [4.69, 9.17) is 4.74 Å². The molecule has 1 N–H and O–H groups in total. The Kier molecular flexibility index (Phi) is 5.81. The van der Waals surface area contributed by atoms with Gasteiger partial charge >= 0.3 is 6.03 Å². The van der Waals surface area contributed by atoms with Crippen molar-refractivity contribution in [3.05, 3.63) is 23.8 Å². The van der Waals surface area contributed by atoms with Gasteiger partial charge in [-0.3, -0.25) is 4.90 Å². The number of anilines is 2. The Hall–Kier alpha value is -1.79. The first-order valence-corrected chi connectivity index (χ1v) is 9.17. The molecule has 0 aromatic heterocycles. The molecule has 2 aliphatic heterocycles. The number of benzene rings is 1. The number of carbonyl (C=O) groups is 1. The number of nitrogens with zero attached hydrogens (tertiary/aromatic N) is 3. The fourth-order valence-electron chi connectivity index (χ4n) is 3.75. The Morgan fingerprint density at radius 2 is 2.04 bits per heavy atom. The minimum atomic E-state index is 0.0171. The maximum absolute atomic E-state index is 12.7. The summed E-state index contributed by atoms with van der Waals surface area (Å²) in [5.74, 6) is 0.568. The van der Waals surface area contributed by atoms with Crippen LogP contribution in [0.4, 0.5) is 16.2 Å². The molecule has 6 heteroatoms. The average Bonchev–Trinajstić information content (AvgIpc) is 3.06. The topological polar surface area (TPSA) is 48.1 Å². The van der Waals surface area contributed by atoms with Gasteiger partial charge < -0.3 is 19.9 Å². The van der Waals surface area contributed by atoms with Crippen LogP contribution in [0.3, 0.4) is 0 Å². The lowest BCUT2D eigenvalue weighted by molar-refractivity contribution is 0.0314. The molecule has 0 bridgehead atoms. The van der Waals surface area contributed by atoms with Crippen molar-refractivity contribution in [2.24, 2.45) is 5.92 Å². The fraction of sp³-hybridized carbons (Fsp3) is 0.632. The zero-order chi connectivity index (χ0) is 17.8. The van der Waals surface area contributed by atoms with E-state index in [0.717, 1.165) is 69.3 Å². The van der Waals surface area contributed by atoms with Crippen LogP contribution >= 0.6 is 0 Å².